The van der Waals surface area contributed by atoms with Gasteiger partial charge in [-0.1, -0.05) is 32.9 Å². The Morgan fingerprint density at radius 3 is 2.31 bits per heavy atom. The minimum atomic E-state index is 0.218. The van der Waals surface area contributed by atoms with Crippen molar-refractivity contribution in [3.63, 3.8) is 0 Å². The van der Waals surface area contributed by atoms with Crippen LogP contribution in [0.5, 0.6) is 0 Å². The summed E-state index contributed by atoms with van der Waals surface area (Å²) >= 11 is 0. The first-order valence-corrected chi connectivity index (χ1v) is 5.88. The lowest BCUT2D eigenvalue weighted by atomic mass is 9.86. The van der Waals surface area contributed by atoms with Crippen molar-refractivity contribution in [1.29, 1.82) is 0 Å². The van der Waals surface area contributed by atoms with E-state index in [1.165, 1.54) is 16.8 Å². The maximum Gasteiger partial charge on any atom is 0.0393 e. The quantitative estimate of drug-likeness (QED) is 0.848. The molecule has 0 fully saturated rings. The highest BCUT2D eigenvalue weighted by Gasteiger charge is 2.15. The van der Waals surface area contributed by atoms with Crippen LogP contribution in [0, 0.1) is 6.92 Å². The number of hydrogen-bond donors (Lipinski definition) is 1. The van der Waals surface area contributed by atoms with Crippen molar-refractivity contribution in [2.24, 2.45) is 5.73 Å². The van der Waals surface area contributed by atoms with Crippen LogP contribution >= 0.6 is 0 Å². The van der Waals surface area contributed by atoms with Gasteiger partial charge in [-0.2, -0.15) is 0 Å². The highest BCUT2D eigenvalue weighted by Crippen LogP contribution is 2.27. The van der Waals surface area contributed by atoms with E-state index in [1.54, 1.807) is 0 Å². The van der Waals surface area contributed by atoms with E-state index in [-0.39, 0.29) is 5.41 Å². The van der Waals surface area contributed by atoms with Crippen molar-refractivity contribution in [1.82, 2.24) is 0 Å². The van der Waals surface area contributed by atoms with Crippen LogP contribution in [0.25, 0.3) is 0 Å². The fourth-order valence-electron chi connectivity index (χ4n) is 1.86. The smallest absolute Gasteiger partial charge is 0.0393 e. The summed E-state index contributed by atoms with van der Waals surface area (Å²) in [6, 6.07) is 6.70. The van der Waals surface area contributed by atoms with E-state index in [2.05, 4.69) is 57.8 Å². The van der Waals surface area contributed by atoms with Gasteiger partial charge in [0.05, 0.1) is 0 Å². The molecule has 0 aromatic heterocycles. The zero-order chi connectivity index (χ0) is 12.3. The number of aryl methyl sites for hydroxylation is 1. The van der Waals surface area contributed by atoms with Gasteiger partial charge in [-0.3, -0.25) is 0 Å². The van der Waals surface area contributed by atoms with Crippen molar-refractivity contribution in [3.8, 4) is 0 Å². The Morgan fingerprint density at radius 2 is 1.88 bits per heavy atom. The Morgan fingerprint density at radius 1 is 1.25 bits per heavy atom. The molecule has 2 N–H and O–H groups in total. The number of nitrogens with zero attached hydrogens (tertiary/aromatic N) is 1. The standard InChI is InChI=1S/C14H24N2/c1-11-10-12(14(2,3)4)6-7-13(11)16(5)9-8-15/h6-7,10H,8-9,15H2,1-5H3. The van der Waals surface area contributed by atoms with E-state index >= 15 is 0 Å². The average molecular weight is 220 g/mol. The second-order valence-corrected chi connectivity index (χ2v) is 5.46. The minimum Gasteiger partial charge on any atom is -0.373 e. The monoisotopic (exact) mass is 220 g/mol. The van der Waals surface area contributed by atoms with E-state index < -0.39 is 0 Å². The highest BCUT2D eigenvalue weighted by molar-refractivity contribution is 5.54. The minimum absolute atomic E-state index is 0.218. The lowest BCUT2D eigenvalue weighted by Gasteiger charge is -2.24. The predicted molar refractivity (Wildman–Crippen MR) is 72.2 cm³/mol. The number of anilines is 1. The molecular formula is C14H24N2. The molecule has 0 radical (unpaired) electrons. The van der Waals surface area contributed by atoms with Crippen LogP contribution in [-0.4, -0.2) is 20.1 Å². The molecule has 0 saturated heterocycles. The summed E-state index contributed by atoms with van der Waals surface area (Å²) in [5, 5.41) is 0. The van der Waals surface area contributed by atoms with Crippen LogP contribution in [0.3, 0.4) is 0 Å². The number of likely N-dealkylation sites (N-methyl/N-ethyl adjacent to an activating group) is 1. The molecule has 0 bridgehead atoms. The van der Waals surface area contributed by atoms with Crippen LogP contribution in [0.2, 0.25) is 0 Å². The van der Waals surface area contributed by atoms with Gasteiger partial charge >= 0.3 is 0 Å². The summed E-state index contributed by atoms with van der Waals surface area (Å²) in [4.78, 5) is 2.21. The molecule has 0 atom stereocenters. The summed E-state index contributed by atoms with van der Waals surface area (Å²) in [5.74, 6) is 0. The fraction of sp³-hybridized carbons (Fsp3) is 0.571. The predicted octanol–water partition coefficient (Wildman–Crippen LogP) is 2.69. The van der Waals surface area contributed by atoms with Crippen molar-refractivity contribution in [2.75, 3.05) is 25.0 Å². The first-order chi connectivity index (χ1) is 7.36. The maximum atomic E-state index is 5.57. The average Bonchev–Trinajstić information content (AvgIpc) is 2.16. The summed E-state index contributed by atoms with van der Waals surface area (Å²) in [7, 11) is 2.09. The lowest BCUT2D eigenvalue weighted by molar-refractivity contribution is 0.589. The van der Waals surface area contributed by atoms with E-state index in [0.29, 0.717) is 6.54 Å². The molecule has 0 spiro atoms. The zero-order valence-corrected chi connectivity index (χ0v) is 11.2. The normalized spacial score (nSPS) is 11.6. The largest absolute Gasteiger partial charge is 0.373 e. The maximum absolute atomic E-state index is 5.57. The van der Waals surface area contributed by atoms with Crippen LogP contribution in [-0.2, 0) is 5.41 Å². The molecule has 2 heteroatoms. The molecular weight excluding hydrogens is 196 g/mol. The van der Waals surface area contributed by atoms with Crippen LogP contribution in [0.4, 0.5) is 5.69 Å². The molecule has 0 aliphatic heterocycles. The Labute approximate surface area is 99.5 Å². The van der Waals surface area contributed by atoms with Gasteiger partial charge in [0.1, 0.15) is 0 Å². The SMILES string of the molecule is Cc1cc(C(C)(C)C)ccc1N(C)CCN. The van der Waals surface area contributed by atoms with Crippen molar-refractivity contribution in [2.45, 2.75) is 33.1 Å². The second kappa shape index (κ2) is 4.88. The van der Waals surface area contributed by atoms with E-state index in [1.807, 2.05) is 0 Å². The molecule has 0 unspecified atom stereocenters. The van der Waals surface area contributed by atoms with Crippen molar-refractivity contribution < 1.29 is 0 Å². The molecule has 0 saturated carbocycles. The lowest BCUT2D eigenvalue weighted by Crippen LogP contribution is -2.25. The molecule has 90 valence electrons. The number of nitrogens with two attached hydrogens (primary N) is 1. The van der Waals surface area contributed by atoms with Gasteiger partial charge < -0.3 is 10.6 Å². The summed E-state index contributed by atoms with van der Waals surface area (Å²) in [6.45, 7) is 10.5. The van der Waals surface area contributed by atoms with Gasteiger partial charge in [0.25, 0.3) is 0 Å². The third-order valence-corrected chi connectivity index (χ3v) is 2.94. The van der Waals surface area contributed by atoms with Crippen molar-refractivity contribution in [3.05, 3.63) is 29.3 Å². The van der Waals surface area contributed by atoms with Gasteiger partial charge in [-0.05, 0) is 29.5 Å². The van der Waals surface area contributed by atoms with Gasteiger partial charge in [0.15, 0.2) is 0 Å². The Kier molecular flexibility index (Phi) is 3.98. The molecule has 1 aromatic carbocycles. The van der Waals surface area contributed by atoms with Crippen molar-refractivity contribution >= 4 is 5.69 Å². The number of hydrogen-bond acceptors (Lipinski definition) is 2. The molecule has 1 aromatic rings. The Balaban J connectivity index is 3.00. The van der Waals surface area contributed by atoms with E-state index in [4.69, 9.17) is 5.73 Å². The summed E-state index contributed by atoms with van der Waals surface area (Å²) in [6.07, 6.45) is 0. The third-order valence-electron chi connectivity index (χ3n) is 2.94. The second-order valence-electron chi connectivity index (χ2n) is 5.46. The Bertz CT molecular complexity index is 350. The summed E-state index contributed by atoms with van der Waals surface area (Å²) < 4.78 is 0. The summed E-state index contributed by atoms with van der Waals surface area (Å²) in [5.41, 5.74) is 9.78. The zero-order valence-electron chi connectivity index (χ0n) is 11.2. The molecule has 2 nitrogen and oxygen atoms in total. The fourth-order valence-corrected chi connectivity index (χ4v) is 1.86. The van der Waals surface area contributed by atoms with Gasteiger partial charge in [-0.15, -0.1) is 0 Å². The first kappa shape index (κ1) is 13.0. The first-order valence-electron chi connectivity index (χ1n) is 5.88. The molecule has 16 heavy (non-hydrogen) atoms. The molecule has 0 amide bonds. The van der Waals surface area contributed by atoms with Gasteiger partial charge in [0.2, 0.25) is 0 Å². The topological polar surface area (TPSA) is 29.3 Å². The van der Waals surface area contributed by atoms with Crippen LogP contribution in [0.1, 0.15) is 31.9 Å². The van der Waals surface area contributed by atoms with E-state index in [9.17, 15) is 0 Å². The van der Waals surface area contributed by atoms with Crippen LogP contribution < -0.4 is 10.6 Å². The highest BCUT2D eigenvalue weighted by atomic mass is 15.1. The van der Waals surface area contributed by atoms with Gasteiger partial charge in [0, 0.05) is 25.8 Å². The molecule has 1 rings (SSSR count). The van der Waals surface area contributed by atoms with Gasteiger partial charge in [-0.25, -0.2) is 0 Å². The Hall–Kier alpha value is -1.02. The van der Waals surface area contributed by atoms with E-state index in [0.717, 1.165) is 6.54 Å². The molecule has 0 heterocycles. The molecule has 0 aliphatic rings. The number of rotatable bonds is 3. The molecule has 0 aliphatic carbocycles. The van der Waals surface area contributed by atoms with Crippen LogP contribution in [0.15, 0.2) is 18.2 Å². The third kappa shape index (κ3) is 2.99. The number of benzene rings is 1.